The molecule has 3 aliphatic heterocycles. The van der Waals surface area contributed by atoms with E-state index in [0.29, 0.717) is 24.9 Å². The molecule has 108 valence electrons. The molecule has 2 unspecified atom stereocenters. The zero-order chi connectivity index (χ0) is 13.3. The SMILES string of the molecule is O=C1CCCN1CC(O)CN1CCC2(CCOC2)C1. The van der Waals surface area contributed by atoms with Gasteiger partial charge in [0.15, 0.2) is 0 Å². The molecule has 0 radical (unpaired) electrons. The van der Waals surface area contributed by atoms with E-state index in [1.54, 1.807) is 4.90 Å². The molecule has 0 aromatic rings. The van der Waals surface area contributed by atoms with Crippen molar-refractivity contribution in [1.29, 1.82) is 0 Å². The van der Waals surface area contributed by atoms with Gasteiger partial charge >= 0.3 is 0 Å². The molecule has 1 N–H and O–H groups in total. The monoisotopic (exact) mass is 268 g/mol. The summed E-state index contributed by atoms with van der Waals surface area (Å²) in [6.45, 7) is 5.85. The van der Waals surface area contributed by atoms with Gasteiger partial charge in [-0.1, -0.05) is 0 Å². The van der Waals surface area contributed by atoms with Crippen molar-refractivity contribution in [2.45, 2.75) is 31.8 Å². The minimum absolute atomic E-state index is 0.195. The minimum atomic E-state index is -0.417. The fourth-order valence-corrected chi connectivity index (χ4v) is 3.66. The van der Waals surface area contributed by atoms with Crippen molar-refractivity contribution in [3.63, 3.8) is 0 Å². The van der Waals surface area contributed by atoms with Crippen LogP contribution in [0.15, 0.2) is 0 Å². The summed E-state index contributed by atoms with van der Waals surface area (Å²) in [5, 5.41) is 10.2. The van der Waals surface area contributed by atoms with Crippen molar-refractivity contribution in [1.82, 2.24) is 9.80 Å². The largest absolute Gasteiger partial charge is 0.390 e. The van der Waals surface area contributed by atoms with Gasteiger partial charge in [0.2, 0.25) is 5.91 Å². The molecule has 3 fully saturated rings. The molecule has 0 aromatic heterocycles. The van der Waals surface area contributed by atoms with E-state index in [0.717, 1.165) is 45.7 Å². The molecule has 3 aliphatic rings. The van der Waals surface area contributed by atoms with E-state index in [9.17, 15) is 9.90 Å². The summed E-state index contributed by atoms with van der Waals surface area (Å²) in [6.07, 6.45) is 3.51. The topological polar surface area (TPSA) is 53.0 Å². The molecule has 0 saturated carbocycles. The lowest BCUT2D eigenvalue weighted by Crippen LogP contribution is -2.40. The summed E-state index contributed by atoms with van der Waals surface area (Å²) in [4.78, 5) is 15.7. The van der Waals surface area contributed by atoms with Crippen molar-refractivity contribution in [2.75, 3.05) is 45.9 Å². The standard InChI is InChI=1S/C14H24N2O3/c17-12(9-16-5-1-2-13(16)18)8-15-6-3-14(10-15)4-7-19-11-14/h12,17H,1-11H2. The van der Waals surface area contributed by atoms with Crippen LogP contribution < -0.4 is 0 Å². The first-order chi connectivity index (χ1) is 9.17. The Morgan fingerprint density at radius 2 is 2.21 bits per heavy atom. The highest BCUT2D eigenvalue weighted by molar-refractivity contribution is 5.78. The third-order valence-electron chi connectivity index (χ3n) is 4.77. The van der Waals surface area contributed by atoms with E-state index in [2.05, 4.69) is 4.90 Å². The lowest BCUT2D eigenvalue weighted by molar-refractivity contribution is -0.129. The smallest absolute Gasteiger partial charge is 0.222 e. The highest BCUT2D eigenvalue weighted by Gasteiger charge is 2.41. The van der Waals surface area contributed by atoms with Crippen molar-refractivity contribution in [3.05, 3.63) is 0 Å². The molecule has 1 spiro atoms. The Morgan fingerprint density at radius 1 is 1.32 bits per heavy atom. The number of hydrogen-bond donors (Lipinski definition) is 1. The number of carbonyl (C=O) groups is 1. The lowest BCUT2D eigenvalue weighted by Gasteiger charge is -2.26. The number of amides is 1. The first-order valence-electron chi connectivity index (χ1n) is 7.43. The maximum absolute atomic E-state index is 11.5. The Hall–Kier alpha value is -0.650. The van der Waals surface area contributed by atoms with Crippen LogP contribution in [0.3, 0.4) is 0 Å². The second-order valence-corrected chi connectivity index (χ2v) is 6.38. The molecule has 1 amide bonds. The van der Waals surface area contributed by atoms with Crippen molar-refractivity contribution in [3.8, 4) is 0 Å². The van der Waals surface area contributed by atoms with Gasteiger partial charge in [-0.05, 0) is 25.8 Å². The second kappa shape index (κ2) is 5.38. The van der Waals surface area contributed by atoms with Crippen molar-refractivity contribution in [2.24, 2.45) is 5.41 Å². The molecule has 0 aromatic carbocycles. The van der Waals surface area contributed by atoms with E-state index >= 15 is 0 Å². The maximum Gasteiger partial charge on any atom is 0.222 e. The number of β-amino-alcohol motifs (C(OH)–C–C–N with tert-alkyl or cyclic N) is 1. The number of nitrogens with zero attached hydrogens (tertiary/aromatic N) is 2. The van der Waals surface area contributed by atoms with Crippen molar-refractivity contribution >= 4 is 5.91 Å². The summed E-state index contributed by atoms with van der Waals surface area (Å²) < 4.78 is 5.52. The Kier molecular flexibility index (Phi) is 3.78. The molecule has 3 heterocycles. The first kappa shape index (κ1) is 13.3. The average Bonchev–Trinajstić information content (AvgIpc) is 3.07. The van der Waals surface area contributed by atoms with E-state index in [1.807, 2.05) is 0 Å². The molecule has 0 aliphatic carbocycles. The summed E-state index contributed by atoms with van der Waals surface area (Å²) in [5.74, 6) is 0.195. The number of carbonyl (C=O) groups excluding carboxylic acids is 1. The van der Waals surface area contributed by atoms with E-state index in [1.165, 1.54) is 6.42 Å². The second-order valence-electron chi connectivity index (χ2n) is 6.38. The fourth-order valence-electron chi connectivity index (χ4n) is 3.66. The lowest BCUT2D eigenvalue weighted by atomic mass is 9.87. The summed E-state index contributed by atoms with van der Waals surface area (Å²) >= 11 is 0. The number of likely N-dealkylation sites (tertiary alicyclic amines) is 2. The maximum atomic E-state index is 11.5. The normalized spacial score (nSPS) is 33.7. The van der Waals surface area contributed by atoms with Crippen LogP contribution in [-0.4, -0.2) is 72.9 Å². The molecule has 3 rings (SSSR count). The Balaban J connectivity index is 1.45. The number of aliphatic hydroxyl groups is 1. The zero-order valence-corrected chi connectivity index (χ0v) is 11.5. The highest BCUT2D eigenvalue weighted by atomic mass is 16.5. The molecule has 3 saturated heterocycles. The molecular formula is C14H24N2O3. The van der Waals surface area contributed by atoms with Crippen LogP contribution in [0.5, 0.6) is 0 Å². The quantitative estimate of drug-likeness (QED) is 0.785. The minimum Gasteiger partial charge on any atom is -0.390 e. The molecule has 5 heteroatoms. The van der Waals surface area contributed by atoms with Gasteiger partial charge in [-0.15, -0.1) is 0 Å². The first-order valence-corrected chi connectivity index (χ1v) is 7.43. The van der Waals surface area contributed by atoms with Crippen LogP contribution in [0.25, 0.3) is 0 Å². The Bertz CT molecular complexity index is 342. The van der Waals surface area contributed by atoms with Gasteiger partial charge in [0, 0.05) is 44.6 Å². The van der Waals surface area contributed by atoms with Gasteiger partial charge in [0.1, 0.15) is 0 Å². The number of rotatable bonds is 4. The predicted molar refractivity (Wildman–Crippen MR) is 70.7 cm³/mol. The number of aliphatic hydroxyl groups excluding tert-OH is 1. The van der Waals surface area contributed by atoms with E-state index in [4.69, 9.17) is 4.74 Å². The number of ether oxygens (including phenoxy) is 1. The average molecular weight is 268 g/mol. The van der Waals surface area contributed by atoms with Crippen LogP contribution in [0, 0.1) is 5.41 Å². The van der Waals surface area contributed by atoms with Gasteiger partial charge in [-0.25, -0.2) is 0 Å². The molecular weight excluding hydrogens is 244 g/mol. The van der Waals surface area contributed by atoms with Crippen LogP contribution in [0.1, 0.15) is 25.7 Å². The van der Waals surface area contributed by atoms with Crippen LogP contribution in [0.2, 0.25) is 0 Å². The predicted octanol–water partition coefficient (Wildman–Crippen LogP) is 0.0821. The summed E-state index contributed by atoms with van der Waals surface area (Å²) in [5.41, 5.74) is 0.350. The van der Waals surface area contributed by atoms with Gasteiger partial charge in [0.05, 0.1) is 12.7 Å². The molecule has 19 heavy (non-hydrogen) atoms. The molecule has 2 atom stereocenters. The molecule has 0 bridgehead atoms. The highest BCUT2D eigenvalue weighted by Crippen LogP contribution is 2.38. The Labute approximate surface area is 114 Å². The fraction of sp³-hybridized carbons (Fsp3) is 0.929. The third kappa shape index (κ3) is 2.93. The van der Waals surface area contributed by atoms with Gasteiger partial charge in [0.25, 0.3) is 0 Å². The van der Waals surface area contributed by atoms with E-state index in [-0.39, 0.29) is 5.91 Å². The third-order valence-corrected chi connectivity index (χ3v) is 4.77. The number of hydrogen-bond acceptors (Lipinski definition) is 4. The summed E-state index contributed by atoms with van der Waals surface area (Å²) in [7, 11) is 0. The summed E-state index contributed by atoms with van der Waals surface area (Å²) in [6, 6.07) is 0. The van der Waals surface area contributed by atoms with Gasteiger partial charge in [-0.3, -0.25) is 4.79 Å². The van der Waals surface area contributed by atoms with Crippen LogP contribution in [0.4, 0.5) is 0 Å². The van der Waals surface area contributed by atoms with Gasteiger partial charge < -0.3 is 19.6 Å². The van der Waals surface area contributed by atoms with Crippen LogP contribution in [-0.2, 0) is 9.53 Å². The van der Waals surface area contributed by atoms with Gasteiger partial charge in [-0.2, -0.15) is 0 Å². The zero-order valence-electron chi connectivity index (χ0n) is 11.5. The Morgan fingerprint density at radius 3 is 2.89 bits per heavy atom. The van der Waals surface area contributed by atoms with Crippen LogP contribution >= 0.6 is 0 Å². The van der Waals surface area contributed by atoms with Crippen molar-refractivity contribution < 1.29 is 14.6 Å². The van der Waals surface area contributed by atoms with E-state index < -0.39 is 6.10 Å². The molecule has 5 nitrogen and oxygen atoms in total.